The summed E-state index contributed by atoms with van der Waals surface area (Å²) in [5.41, 5.74) is 0.827. The van der Waals surface area contributed by atoms with Crippen LogP contribution in [0.15, 0.2) is 48.9 Å². The van der Waals surface area contributed by atoms with Gasteiger partial charge in [-0.25, -0.2) is 22.5 Å². The first-order chi connectivity index (χ1) is 17.1. The highest BCUT2D eigenvalue weighted by Crippen LogP contribution is 2.40. The number of likely N-dealkylation sites (tertiary alicyclic amines) is 1. The van der Waals surface area contributed by atoms with E-state index < -0.39 is 41.8 Å². The van der Waals surface area contributed by atoms with Crippen molar-refractivity contribution < 1.29 is 27.1 Å². The highest BCUT2D eigenvalue weighted by Gasteiger charge is 2.46. The molecule has 0 spiro atoms. The zero-order chi connectivity index (χ0) is 25.6. The van der Waals surface area contributed by atoms with E-state index >= 15 is 0 Å². The fraction of sp³-hybridized carbons (Fsp3) is 0.400. The van der Waals surface area contributed by atoms with Gasteiger partial charge in [-0.05, 0) is 36.6 Å². The minimum atomic E-state index is -2.96. The van der Waals surface area contributed by atoms with E-state index in [0.29, 0.717) is 40.3 Å². The molecule has 0 aliphatic carbocycles. The lowest BCUT2D eigenvalue weighted by molar-refractivity contribution is -0.605. The molecule has 11 heteroatoms. The number of alkyl halides is 2. The predicted octanol–water partition coefficient (Wildman–Crippen LogP) is 3.78. The first-order valence-electron chi connectivity index (χ1n) is 11.8. The highest BCUT2D eigenvalue weighted by molar-refractivity contribution is 5.93. The number of imidazole rings is 1. The van der Waals surface area contributed by atoms with Crippen molar-refractivity contribution in [2.24, 2.45) is 0 Å². The molecule has 7 nitrogen and oxygen atoms in total. The molecular formula is C25H25F4N5O2. The number of aryl methyl sites for hydroxylation is 1. The van der Waals surface area contributed by atoms with Crippen LogP contribution in [0.4, 0.5) is 23.4 Å². The number of piperidine rings is 1. The third kappa shape index (κ3) is 4.67. The minimum Gasteiger partial charge on any atom is -0.619 e. The van der Waals surface area contributed by atoms with Gasteiger partial charge in [-0.1, -0.05) is 0 Å². The number of rotatable bonds is 5. The van der Waals surface area contributed by atoms with E-state index in [2.05, 4.69) is 10.3 Å². The number of amides is 1. The number of hydrogen-bond donors (Lipinski definition) is 1. The minimum absolute atomic E-state index is 0.0410. The molecule has 2 aromatic heterocycles. The summed E-state index contributed by atoms with van der Waals surface area (Å²) in [4.78, 5) is 19.1. The molecule has 1 aromatic carbocycles. The summed E-state index contributed by atoms with van der Waals surface area (Å²) in [7, 11) is 0. The molecule has 1 N–H and O–H groups in total. The number of nitrogens with zero attached hydrogens (tertiary/aromatic N) is 4. The van der Waals surface area contributed by atoms with E-state index in [1.807, 2.05) is 0 Å². The summed E-state index contributed by atoms with van der Waals surface area (Å²) in [6.45, 7) is 1.64. The molecule has 1 saturated heterocycles. The molecule has 0 bridgehead atoms. The monoisotopic (exact) mass is 503 g/mol. The Hall–Kier alpha value is -3.47. The van der Waals surface area contributed by atoms with Gasteiger partial charge in [0, 0.05) is 50.3 Å². The van der Waals surface area contributed by atoms with Crippen LogP contribution in [0.3, 0.4) is 0 Å². The molecule has 0 unspecified atom stereocenters. The number of anilines is 1. The van der Waals surface area contributed by atoms with E-state index in [4.69, 9.17) is 0 Å². The van der Waals surface area contributed by atoms with Crippen molar-refractivity contribution in [3.05, 3.63) is 82.7 Å². The van der Waals surface area contributed by atoms with Crippen LogP contribution in [-0.2, 0) is 11.2 Å². The van der Waals surface area contributed by atoms with Crippen LogP contribution in [0.5, 0.6) is 0 Å². The Balaban J connectivity index is 1.28. The van der Waals surface area contributed by atoms with Crippen molar-refractivity contribution in [2.75, 3.05) is 18.4 Å². The number of carbonyl (C=O) groups is 1. The summed E-state index contributed by atoms with van der Waals surface area (Å²) < 4.78 is 59.1. The fourth-order valence-electron chi connectivity index (χ4n) is 5.13. The van der Waals surface area contributed by atoms with Crippen molar-refractivity contribution in [1.82, 2.24) is 14.5 Å². The smallest absolute Gasteiger partial charge is 0.257 e. The van der Waals surface area contributed by atoms with Gasteiger partial charge in [-0.3, -0.25) is 9.69 Å². The number of halogens is 4. The standard InChI is InChI=1S/C25H25F4N5O2/c1-15(32-9-6-25(28,29)20(13-32)16-4-7-33(36)8-5-16)24(35)31-22-14-34-21(2-3-23(34)30-22)17-10-18(26)12-19(27)11-17/h4-5,7-8,10-12,14-15,20-21H,2-3,6,9,13H2,1H3,(H,31,35)/t15-,20-,21-/m0/s1. The van der Waals surface area contributed by atoms with E-state index in [0.717, 1.165) is 6.07 Å². The molecule has 2 aliphatic heterocycles. The van der Waals surface area contributed by atoms with Crippen molar-refractivity contribution in [1.29, 1.82) is 0 Å². The van der Waals surface area contributed by atoms with Gasteiger partial charge in [-0.2, -0.15) is 4.73 Å². The van der Waals surface area contributed by atoms with Gasteiger partial charge in [-0.15, -0.1) is 0 Å². The second-order valence-electron chi connectivity index (χ2n) is 9.42. The summed E-state index contributed by atoms with van der Waals surface area (Å²) in [6.07, 6.45) is 4.80. The molecule has 1 fully saturated rings. The Bertz CT molecular complexity index is 1260. The molecule has 3 aromatic rings. The highest BCUT2D eigenvalue weighted by atomic mass is 19.3. The van der Waals surface area contributed by atoms with Gasteiger partial charge >= 0.3 is 0 Å². The Morgan fingerprint density at radius 1 is 1.19 bits per heavy atom. The van der Waals surface area contributed by atoms with E-state index in [1.165, 1.54) is 36.7 Å². The topological polar surface area (TPSA) is 77.1 Å². The normalized spacial score (nSPS) is 22.2. The zero-order valence-electron chi connectivity index (χ0n) is 19.5. The van der Waals surface area contributed by atoms with Crippen LogP contribution in [0.2, 0.25) is 0 Å². The quantitative estimate of drug-likeness (QED) is 0.327. The van der Waals surface area contributed by atoms with Gasteiger partial charge in [0.25, 0.3) is 5.92 Å². The van der Waals surface area contributed by atoms with Gasteiger partial charge in [0.05, 0.1) is 18.0 Å². The SMILES string of the molecule is C[C@@H](C(=O)Nc1cn2c(n1)CC[C@H]2c1cc(F)cc(F)c1)N1CCC(F)(F)[C@H](c2cc[n+]([O-])cc2)C1. The lowest BCUT2D eigenvalue weighted by Crippen LogP contribution is -2.52. The van der Waals surface area contributed by atoms with Crippen molar-refractivity contribution in [3.63, 3.8) is 0 Å². The number of pyridine rings is 1. The maximum atomic E-state index is 14.7. The van der Waals surface area contributed by atoms with Crippen molar-refractivity contribution >= 4 is 11.7 Å². The average Bonchev–Trinajstić information content (AvgIpc) is 3.39. The summed E-state index contributed by atoms with van der Waals surface area (Å²) >= 11 is 0. The van der Waals surface area contributed by atoms with E-state index in [1.54, 1.807) is 22.6 Å². The number of carbonyl (C=O) groups excluding carboxylic acids is 1. The van der Waals surface area contributed by atoms with Crippen LogP contribution in [0, 0.1) is 16.8 Å². The Morgan fingerprint density at radius 2 is 1.89 bits per heavy atom. The lowest BCUT2D eigenvalue weighted by atomic mass is 9.87. The average molecular weight is 504 g/mol. The van der Waals surface area contributed by atoms with Gasteiger partial charge < -0.3 is 15.1 Å². The summed E-state index contributed by atoms with van der Waals surface area (Å²) in [5, 5.41) is 14.1. The van der Waals surface area contributed by atoms with Crippen LogP contribution >= 0.6 is 0 Å². The molecule has 5 rings (SSSR count). The molecule has 36 heavy (non-hydrogen) atoms. The van der Waals surface area contributed by atoms with E-state index in [-0.39, 0.29) is 19.1 Å². The molecular weight excluding hydrogens is 478 g/mol. The fourth-order valence-corrected chi connectivity index (χ4v) is 5.13. The molecule has 3 atom stereocenters. The van der Waals surface area contributed by atoms with Crippen LogP contribution < -0.4 is 10.0 Å². The molecule has 2 aliphatic rings. The van der Waals surface area contributed by atoms with Gasteiger partial charge in [0.2, 0.25) is 5.91 Å². The third-order valence-electron chi connectivity index (χ3n) is 7.12. The first kappa shape index (κ1) is 24.2. The maximum Gasteiger partial charge on any atom is 0.257 e. The number of benzene rings is 1. The molecule has 1 amide bonds. The summed E-state index contributed by atoms with van der Waals surface area (Å²) in [6, 6.07) is 5.15. The van der Waals surface area contributed by atoms with Crippen LogP contribution in [-0.4, -0.2) is 45.4 Å². The summed E-state index contributed by atoms with van der Waals surface area (Å²) in [5.74, 6) is -4.84. The molecule has 190 valence electrons. The number of hydrogen-bond acceptors (Lipinski definition) is 4. The molecule has 0 saturated carbocycles. The Morgan fingerprint density at radius 3 is 2.58 bits per heavy atom. The van der Waals surface area contributed by atoms with Gasteiger partial charge in [0.15, 0.2) is 18.2 Å². The van der Waals surface area contributed by atoms with Crippen LogP contribution in [0.25, 0.3) is 0 Å². The largest absolute Gasteiger partial charge is 0.619 e. The van der Waals surface area contributed by atoms with Crippen LogP contribution in [0.1, 0.15) is 48.7 Å². The molecule has 0 radical (unpaired) electrons. The Kier molecular flexibility index (Phi) is 6.19. The molecule has 4 heterocycles. The van der Waals surface area contributed by atoms with Crippen molar-refractivity contribution in [2.45, 2.75) is 50.1 Å². The number of aromatic nitrogens is 3. The maximum absolute atomic E-state index is 14.7. The number of fused-ring (bicyclic) bond motifs is 1. The second kappa shape index (κ2) is 9.20. The second-order valence-corrected chi connectivity index (χ2v) is 9.42. The van der Waals surface area contributed by atoms with Gasteiger partial charge in [0.1, 0.15) is 17.5 Å². The predicted molar refractivity (Wildman–Crippen MR) is 122 cm³/mol. The van der Waals surface area contributed by atoms with Crippen molar-refractivity contribution in [3.8, 4) is 0 Å². The number of nitrogens with one attached hydrogen (secondary N) is 1. The third-order valence-corrected chi connectivity index (χ3v) is 7.12. The lowest BCUT2D eigenvalue weighted by Gasteiger charge is -2.40. The van der Waals surface area contributed by atoms with E-state index in [9.17, 15) is 27.6 Å². The first-order valence-corrected chi connectivity index (χ1v) is 11.8. The Labute approximate surface area is 204 Å². The zero-order valence-corrected chi connectivity index (χ0v) is 19.5.